The van der Waals surface area contributed by atoms with Gasteiger partial charge in [0.05, 0.1) is 30.2 Å². The topological polar surface area (TPSA) is 114 Å². The lowest BCUT2D eigenvalue weighted by atomic mass is 10.0. The fourth-order valence-electron chi connectivity index (χ4n) is 4.93. The number of primary amides is 1. The van der Waals surface area contributed by atoms with Crippen molar-refractivity contribution in [3.8, 4) is 22.7 Å². The number of halogens is 4. The third-order valence-corrected chi connectivity index (χ3v) is 6.76. The number of carbonyl (C=O) groups excluding carboxylic acids is 1. The molecule has 9 nitrogen and oxygen atoms in total. The van der Waals surface area contributed by atoms with Crippen LogP contribution in [0.15, 0.2) is 41.2 Å². The number of amides is 2. The highest BCUT2D eigenvalue weighted by atomic mass is 19.4. The molecule has 3 N–H and O–H groups in total. The number of rotatable bonds is 4. The molecule has 1 aromatic heterocycles. The van der Waals surface area contributed by atoms with E-state index in [1.54, 1.807) is 4.90 Å². The molecule has 5 rings (SSSR count). The Labute approximate surface area is 213 Å². The summed E-state index contributed by atoms with van der Waals surface area (Å²) in [6.45, 7) is 0.650. The van der Waals surface area contributed by atoms with E-state index in [-0.39, 0.29) is 42.2 Å². The molecule has 13 heteroatoms. The Morgan fingerprint density at radius 3 is 2.58 bits per heavy atom. The molecule has 2 amide bonds. The quantitative estimate of drug-likeness (QED) is 0.499. The van der Waals surface area contributed by atoms with Crippen molar-refractivity contribution in [2.24, 2.45) is 5.73 Å². The highest BCUT2D eigenvalue weighted by Gasteiger charge is 2.37. The third kappa shape index (κ3) is 4.32. The minimum absolute atomic E-state index is 0.0226. The maximum absolute atomic E-state index is 14.1. The van der Waals surface area contributed by atoms with Crippen LogP contribution in [0.25, 0.3) is 16.9 Å². The number of carbonyl (C=O) groups is 1. The summed E-state index contributed by atoms with van der Waals surface area (Å²) in [5.41, 5.74) is 3.65. The molecule has 2 aliphatic heterocycles. The monoisotopic (exact) mass is 533 g/mol. The number of benzene rings is 2. The number of aliphatic hydroxyl groups is 1. The molecule has 0 spiro atoms. The Hall–Kier alpha value is -4.13. The predicted octanol–water partition coefficient (Wildman–Crippen LogP) is 3.08. The lowest BCUT2D eigenvalue weighted by molar-refractivity contribution is -0.137. The number of urea groups is 1. The summed E-state index contributed by atoms with van der Waals surface area (Å²) in [5.74, 6) is -0.800. The first-order valence-corrected chi connectivity index (χ1v) is 11.7. The van der Waals surface area contributed by atoms with E-state index in [0.29, 0.717) is 28.9 Å². The SMILES string of the molecule is COc1cc(-c2nn(-c3cc(N4CCC(O)C4)ccc3C(F)(F)F)c(=O)c3c2CCN3C(N)=O)ccc1F. The van der Waals surface area contributed by atoms with Gasteiger partial charge in [-0.25, -0.2) is 9.18 Å². The summed E-state index contributed by atoms with van der Waals surface area (Å²) in [7, 11) is 1.26. The van der Waals surface area contributed by atoms with Crippen LogP contribution < -0.4 is 25.8 Å². The van der Waals surface area contributed by atoms with Crippen LogP contribution in [0.4, 0.5) is 33.7 Å². The van der Waals surface area contributed by atoms with Crippen LogP contribution in [0.5, 0.6) is 5.75 Å². The zero-order valence-corrected chi connectivity index (χ0v) is 20.1. The van der Waals surface area contributed by atoms with E-state index in [0.717, 1.165) is 17.0 Å². The minimum atomic E-state index is -4.85. The molecule has 0 bridgehead atoms. The summed E-state index contributed by atoms with van der Waals surface area (Å²) < 4.78 is 62.2. The van der Waals surface area contributed by atoms with E-state index in [9.17, 15) is 32.3 Å². The van der Waals surface area contributed by atoms with Crippen molar-refractivity contribution in [2.75, 3.05) is 36.5 Å². The smallest absolute Gasteiger partial charge is 0.418 e. The summed E-state index contributed by atoms with van der Waals surface area (Å²) in [6.07, 6.45) is -4.88. The van der Waals surface area contributed by atoms with Crippen LogP contribution >= 0.6 is 0 Å². The van der Waals surface area contributed by atoms with Gasteiger partial charge in [0.1, 0.15) is 5.69 Å². The van der Waals surface area contributed by atoms with E-state index in [2.05, 4.69) is 5.10 Å². The molecular weight excluding hydrogens is 510 g/mol. The lowest BCUT2D eigenvalue weighted by Crippen LogP contribution is -2.39. The molecule has 38 heavy (non-hydrogen) atoms. The number of aliphatic hydroxyl groups excluding tert-OH is 1. The number of methoxy groups -OCH3 is 1. The largest absolute Gasteiger partial charge is 0.494 e. The van der Waals surface area contributed by atoms with Gasteiger partial charge in [0.15, 0.2) is 11.6 Å². The Balaban J connectivity index is 1.80. The second kappa shape index (κ2) is 9.31. The number of anilines is 2. The molecule has 1 fully saturated rings. The highest BCUT2D eigenvalue weighted by molar-refractivity contribution is 5.94. The first-order chi connectivity index (χ1) is 18.0. The van der Waals surface area contributed by atoms with Gasteiger partial charge in [-0.05, 0) is 49.2 Å². The highest BCUT2D eigenvalue weighted by Crippen LogP contribution is 2.38. The Morgan fingerprint density at radius 1 is 1.18 bits per heavy atom. The number of fused-ring (bicyclic) bond motifs is 1. The number of hydrogen-bond donors (Lipinski definition) is 2. The number of hydrogen-bond acceptors (Lipinski definition) is 6. The van der Waals surface area contributed by atoms with Crippen LogP contribution in [0.2, 0.25) is 0 Å². The zero-order chi connectivity index (χ0) is 27.4. The molecule has 0 saturated carbocycles. The molecule has 1 atom stereocenters. The number of nitrogens with two attached hydrogens (primary N) is 1. The minimum Gasteiger partial charge on any atom is -0.494 e. The number of β-amino-alcohol motifs (C(OH)–C–C–N with tert-alkyl or cyclic N) is 1. The fourth-order valence-corrected chi connectivity index (χ4v) is 4.93. The van der Waals surface area contributed by atoms with Crippen LogP contribution in [-0.4, -0.2) is 53.8 Å². The molecule has 200 valence electrons. The van der Waals surface area contributed by atoms with Gasteiger partial charge in [0.25, 0.3) is 5.56 Å². The van der Waals surface area contributed by atoms with Gasteiger partial charge in [-0.2, -0.15) is 23.0 Å². The summed E-state index contributed by atoms with van der Waals surface area (Å²) in [5, 5.41) is 14.2. The third-order valence-electron chi connectivity index (χ3n) is 6.76. The summed E-state index contributed by atoms with van der Waals surface area (Å²) in [4.78, 5) is 28.5. The molecule has 0 aliphatic carbocycles. The molecule has 0 radical (unpaired) electrons. The van der Waals surface area contributed by atoms with Gasteiger partial charge < -0.3 is 20.5 Å². The summed E-state index contributed by atoms with van der Waals surface area (Å²) in [6, 6.07) is 6.13. The van der Waals surface area contributed by atoms with Gasteiger partial charge in [-0.3, -0.25) is 9.69 Å². The van der Waals surface area contributed by atoms with Crippen molar-refractivity contribution in [1.29, 1.82) is 0 Å². The van der Waals surface area contributed by atoms with Gasteiger partial charge in [-0.1, -0.05) is 0 Å². The van der Waals surface area contributed by atoms with E-state index in [1.165, 1.54) is 31.4 Å². The lowest BCUT2D eigenvalue weighted by Gasteiger charge is -2.22. The number of alkyl halides is 3. The van der Waals surface area contributed by atoms with Gasteiger partial charge in [0.2, 0.25) is 0 Å². The van der Waals surface area contributed by atoms with E-state index < -0.39 is 40.9 Å². The van der Waals surface area contributed by atoms with Crippen molar-refractivity contribution in [3.63, 3.8) is 0 Å². The number of nitrogens with zero attached hydrogens (tertiary/aromatic N) is 4. The average Bonchev–Trinajstić information content (AvgIpc) is 3.51. The first kappa shape index (κ1) is 25.5. The Bertz CT molecular complexity index is 1490. The average molecular weight is 533 g/mol. The van der Waals surface area contributed by atoms with E-state index in [1.807, 2.05) is 0 Å². The van der Waals surface area contributed by atoms with Crippen molar-refractivity contribution in [1.82, 2.24) is 9.78 Å². The normalized spacial score (nSPS) is 17.2. The predicted molar refractivity (Wildman–Crippen MR) is 130 cm³/mol. The molecule has 1 saturated heterocycles. The van der Waals surface area contributed by atoms with Crippen molar-refractivity contribution in [2.45, 2.75) is 25.1 Å². The molecule has 2 aromatic carbocycles. The molecule has 2 aliphatic rings. The van der Waals surface area contributed by atoms with Gasteiger partial charge in [-0.15, -0.1) is 0 Å². The van der Waals surface area contributed by atoms with Crippen molar-refractivity contribution in [3.05, 3.63) is 63.7 Å². The maximum Gasteiger partial charge on any atom is 0.418 e. The molecular formula is C25H23F4N5O4. The van der Waals surface area contributed by atoms with Gasteiger partial charge in [0, 0.05) is 36.4 Å². The number of aromatic nitrogens is 2. The van der Waals surface area contributed by atoms with Gasteiger partial charge >= 0.3 is 12.2 Å². The summed E-state index contributed by atoms with van der Waals surface area (Å²) >= 11 is 0. The van der Waals surface area contributed by atoms with Crippen molar-refractivity contribution >= 4 is 17.4 Å². The van der Waals surface area contributed by atoms with Crippen LogP contribution in [0.3, 0.4) is 0 Å². The van der Waals surface area contributed by atoms with E-state index >= 15 is 0 Å². The Morgan fingerprint density at radius 2 is 1.95 bits per heavy atom. The molecule has 3 aromatic rings. The Kier molecular flexibility index (Phi) is 6.25. The van der Waals surface area contributed by atoms with Crippen LogP contribution in [0, 0.1) is 5.82 Å². The fraction of sp³-hybridized carbons (Fsp3) is 0.320. The maximum atomic E-state index is 14.1. The standard InChI is InChI=1S/C25H23F4N5O4/c1-38-20-10-13(2-5-18(20)26)21-16-7-9-33(24(30)37)22(16)23(36)34(31-21)19-11-14(32-8-6-15(35)12-32)3-4-17(19)25(27,28)29/h2-5,10-11,15,35H,6-9,12H2,1H3,(H2,30,37). The van der Waals surface area contributed by atoms with Crippen molar-refractivity contribution < 1.29 is 32.2 Å². The first-order valence-electron chi connectivity index (χ1n) is 11.7. The zero-order valence-electron chi connectivity index (χ0n) is 20.1. The number of ether oxygens (including phenoxy) is 1. The molecule has 1 unspecified atom stereocenters. The van der Waals surface area contributed by atoms with E-state index in [4.69, 9.17) is 10.5 Å². The van der Waals surface area contributed by atoms with Crippen LogP contribution in [-0.2, 0) is 12.6 Å². The molecule has 3 heterocycles. The second-order valence-corrected chi connectivity index (χ2v) is 9.07. The second-order valence-electron chi connectivity index (χ2n) is 9.07. The van der Waals surface area contributed by atoms with Crippen LogP contribution in [0.1, 0.15) is 17.5 Å².